The fraction of sp³-hybridized carbons (Fsp3) is 0.471. The van der Waals surface area contributed by atoms with Gasteiger partial charge in [-0.15, -0.1) is 0 Å². The van der Waals surface area contributed by atoms with Crippen LogP contribution in [-0.4, -0.2) is 58.0 Å². The van der Waals surface area contributed by atoms with Crippen molar-refractivity contribution < 1.29 is 9.59 Å². The smallest absolute Gasteiger partial charge is 0.275 e. The molecule has 2 aliphatic rings. The molecule has 1 N–H and O–H groups in total. The molecule has 23 heavy (non-hydrogen) atoms. The Kier molecular flexibility index (Phi) is 3.32. The lowest BCUT2D eigenvalue weighted by Gasteiger charge is -2.34. The zero-order valence-corrected chi connectivity index (χ0v) is 13.2. The highest BCUT2D eigenvalue weighted by molar-refractivity contribution is 6.04. The Hall–Kier alpha value is -2.37. The van der Waals surface area contributed by atoms with E-state index in [1.807, 2.05) is 29.2 Å². The minimum absolute atomic E-state index is 0.0608. The lowest BCUT2D eigenvalue weighted by atomic mass is 10.2. The summed E-state index contributed by atoms with van der Waals surface area (Å²) in [5, 5.41) is 7.93. The number of rotatable bonds is 2. The molecule has 2 aromatic rings. The predicted molar refractivity (Wildman–Crippen MR) is 85.8 cm³/mol. The number of piperazine rings is 1. The Labute approximate surface area is 134 Å². The van der Waals surface area contributed by atoms with E-state index in [1.54, 1.807) is 4.90 Å². The van der Waals surface area contributed by atoms with Crippen molar-refractivity contribution in [3.8, 4) is 0 Å². The lowest BCUT2D eigenvalue weighted by Crippen LogP contribution is -2.51. The molecule has 2 atom stereocenters. The largest absolute Gasteiger partial charge is 0.339 e. The van der Waals surface area contributed by atoms with Gasteiger partial charge in [0.05, 0.1) is 5.52 Å². The Morgan fingerprint density at radius 1 is 1.13 bits per heavy atom. The molecule has 2 heterocycles. The maximum Gasteiger partial charge on any atom is 0.275 e. The summed E-state index contributed by atoms with van der Waals surface area (Å²) in [5.41, 5.74) is 1.34. The van der Waals surface area contributed by atoms with E-state index < -0.39 is 0 Å². The summed E-state index contributed by atoms with van der Waals surface area (Å²) >= 11 is 0. The van der Waals surface area contributed by atoms with Gasteiger partial charge in [0, 0.05) is 37.5 Å². The first kappa shape index (κ1) is 14.2. The number of benzene rings is 1. The maximum absolute atomic E-state index is 12.7. The molecule has 0 spiro atoms. The molecule has 120 valence electrons. The van der Waals surface area contributed by atoms with Gasteiger partial charge in [0.2, 0.25) is 5.91 Å². The highest BCUT2D eigenvalue weighted by Crippen LogP contribution is 2.39. The van der Waals surface area contributed by atoms with Crippen molar-refractivity contribution in [2.75, 3.05) is 26.2 Å². The third-order valence-electron chi connectivity index (χ3n) is 4.98. The highest BCUT2D eigenvalue weighted by Gasteiger charge is 2.42. The van der Waals surface area contributed by atoms with Gasteiger partial charge in [0.25, 0.3) is 5.91 Å². The van der Waals surface area contributed by atoms with Crippen LogP contribution in [0.1, 0.15) is 23.8 Å². The van der Waals surface area contributed by atoms with Crippen LogP contribution >= 0.6 is 0 Å². The zero-order chi connectivity index (χ0) is 16.0. The number of para-hydroxylation sites is 1. The van der Waals surface area contributed by atoms with Crippen molar-refractivity contribution in [1.82, 2.24) is 20.0 Å². The number of nitrogens with zero attached hydrogens (tertiary/aromatic N) is 3. The van der Waals surface area contributed by atoms with E-state index in [1.165, 1.54) is 0 Å². The minimum Gasteiger partial charge on any atom is -0.339 e. The normalized spacial score (nSPS) is 24.0. The van der Waals surface area contributed by atoms with Crippen LogP contribution in [0.25, 0.3) is 10.9 Å². The third kappa shape index (κ3) is 2.48. The number of H-pyrrole nitrogens is 1. The molecule has 1 aromatic heterocycles. The Bertz CT molecular complexity index is 761. The Morgan fingerprint density at radius 2 is 1.78 bits per heavy atom. The number of carbonyl (C=O) groups excluding carboxylic acids is 2. The molecule has 6 heteroatoms. The van der Waals surface area contributed by atoms with Crippen molar-refractivity contribution in [2.24, 2.45) is 11.8 Å². The number of fused-ring (bicyclic) bond motifs is 1. The van der Waals surface area contributed by atoms with Gasteiger partial charge in [-0.3, -0.25) is 14.7 Å². The molecule has 4 rings (SSSR count). The average molecular weight is 312 g/mol. The van der Waals surface area contributed by atoms with Crippen molar-refractivity contribution in [1.29, 1.82) is 0 Å². The summed E-state index contributed by atoms with van der Waals surface area (Å²) in [7, 11) is 0. The standard InChI is InChI=1S/C17H20N4O2/c1-11-10-13(11)16(22)20-6-8-21(9-7-20)17(23)15-12-4-2-3-5-14(12)18-19-15/h2-5,11,13H,6-10H2,1H3,(H,18,19)/t11-,13+/m0/s1. The molecular weight excluding hydrogens is 292 g/mol. The first-order valence-corrected chi connectivity index (χ1v) is 8.16. The van der Waals surface area contributed by atoms with E-state index >= 15 is 0 Å². The molecule has 1 aliphatic carbocycles. The molecule has 0 unspecified atom stereocenters. The molecule has 1 aromatic carbocycles. The molecule has 1 aliphatic heterocycles. The average Bonchev–Trinajstić information content (AvgIpc) is 3.17. The molecule has 2 fully saturated rings. The first-order chi connectivity index (χ1) is 11.1. The zero-order valence-electron chi connectivity index (χ0n) is 13.2. The minimum atomic E-state index is -0.0608. The van der Waals surface area contributed by atoms with E-state index in [4.69, 9.17) is 0 Å². The summed E-state index contributed by atoms with van der Waals surface area (Å²) in [4.78, 5) is 28.6. The molecule has 1 saturated heterocycles. The number of hydrogen-bond acceptors (Lipinski definition) is 3. The highest BCUT2D eigenvalue weighted by atomic mass is 16.2. The van der Waals surface area contributed by atoms with E-state index in [9.17, 15) is 9.59 Å². The van der Waals surface area contributed by atoms with E-state index in [-0.39, 0.29) is 17.7 Å². The van der Waals surface area contributed by atoms with Crippen LogP contribution in [0.3, 0.4) is 0 Å². The molecular formula is C17H20N4O2. The first-order valence-electron chi connectivity index (χ1n) is 8.16. The summed E-state index contributed by atoms with van der Waals surface area (Å²) in [6.07, 6.45) is 1.01. The van der Waals surface area contributed by atoms with Gasteiger partial charge < -0.3 is 9.80 Å². The van der Waals surface area contributed by atoms with Gasteiger partial charge in [-0.25, -0.2) is 0 Å². The van der Waals surface area contributed by atoms with Gasteiger partial charge in [0.1, 0.15) is 0 Å². The van der Waals surface area contributed by atoms with Crippen LogP contribution in [-0.2, 0) is 4.79 Å². The topological polar surface area (TPSA) is 69.3 Å². The second-order valence-electron chi connectivity index (χ2n) is 6.55. The summed E-state index contributed by atoms with van der Waals surface area (Å²) in [6.45, 7) is 4.51. The van der Waals surface area contributed by atoms with Crippen LogP contribution in [0.15, 0.2) is 24.3 Å². The van der Waals surface area contributed by atoms with E-state index in [2.05, 4.69) is 17.1 Å². The molecule has 1 saturated carbocycles. The van der Waals surface area contributed by atoms with Crippen molar-refractivity contribution >= 4 is 22.7 Å². The lowest BCUT2D eigenvalue weighted by molar-refractivity contribution is -0.134. The number of aromatic nitrogens is 2. The Balaban J connectivity index is 1.44. The van der Waals surface area contributed by atoms with E-state index in [0.29, 0.717) is 37.8 Å². The number of hydrogen-bond donors (Lipinski definition) is 1. The number of aromatic amines is 1. The van der Waals surface area contributed by atoms with Crippen LogP contribution in [0.4, 0.5) is 0 Å². The Morgan fingerprint density at radius 3 is 2.48 bits per heavy atom. The number of amides is 2. The van der Waals surface area contributed by atoms with Crippen molar-refractivity contribution in [3.05, 3.63) is 30.0 Å². The van der Waals surface area contributed by atoms with E-state index in [0.717, 1.165) is 17.3 Å². The van der Waals surface area contributed by atoms with Crippen LogP contribution in [0, 0.1) is 11.8 Å². The van der Waals surface area contributed by atoms with Gasteiger partial charge in [-0.2, -0.15) is 5.10 Å². The predicted octanol–water partition coefficient (Wildman–Crippen LogP) is 1.50. The van der Waals surface area contributed by atoms with Gasteiger partial charge >= 0.3 is 0 Å². The van der Waals surface area contributed by atoms with Crippen molar-refractivity contribution in [2.45, 2.75) is 13.3 Å². The molecule has 6 nitrogen and oxygen atoms in total. The summed E-state index contributed by atoms with van der Waals surface area (Å²) in [5.74, 6) is 0.939. The van der Waals surface area contributed by atoms with Gasteiger partial charge in [0.15, 0.2) is 5.69 Å². The fourth-order valence-electron chi connectivity index (χ4n) is 3.31. The summed E-state index contributed by atoms with van der Waals surface area (Å²) < 4.78 is 0. The number of carbonyl (C=O) groups is 2. The van der Waals surface area contributed by atoms with Gasteiger partial charge in [-0.1, -0.05) is 25.1 Å². The third-order valence-corrected chi connectivity index (χ3v) is 4.98. The fourth-order valence-corrected chi connectivity index (χ4v) is 3.31. The van der Waals surface area contributed by atoms with Gasteiger partial charge in [-0.05, 0) is 18.4 Å². The SMILES string of the molecule is C[C@H]1C[C@H]1C(=O)N1CCN(C(=O)c2n[nH]c3ccccc23)CC1. The molecule has 0 radical (unpaired) electrons. The monoisotopic (exact) mass is 312 g/mol. The van der Waals surface area contributed by atoms with Crippen LogP contribution in [0.5, 0.6) is 0 Å². The summed E-state index contributed by atoms with van der Waals surface area (Å²) in [6, 6.07) is 7.63. The van der Waals surface area contributed by atoms with Crippen molar-refractivity contribution in [3.63, 3.8) is 0 Å². The maximum atomic E-state index is 12.7. The van der Waals surface area contributed by atoms with Crippen LogP contribution < -0.4 is 0 Å². The quantitative estimate of drug-likeness (QED) is 0.914. The second-order valence-corrected chi connectivity index (χ2v) is 6.55. The van der Waals surface area contributed by atoms with Crippen LogP contribution in [0.2, 0.25) is 0 Å². The molecule has 2 amide bonds. The number of nitrogens with one attached hydrogen (secondary N) is 1. The molecule has 0 bridgehead atoms. The second kappa shape index (κ2) is 5.37.